The summed E-state index contributed by atoms with van der Waals surface area (Å²) in [6.07, 6.45) is 2.00. The topological polar surface area (TPSA) is 46.2 Å². The van der Waals surface area contributed by atoms with E-state index < -0.39 is 0 Å². The van der Waals surface area contributed by atoms with E-state index in [1.54, 1.807) is 19.9 Å². The molecule has 4 heteroatoms. The summed E-state index contributed by atoms with van der Waals surface area (Å²) in [7, 11) is 0. The van der Waals surface area contributed by atoms with Crippen molar-refractivity contribution in [1.29, 1.82) is 0 Å². The number of halogens is 1. The number of ketones is 1. The van der Waals surface area contributed by atoms with Crippen LogP contribution in [0.15, 0.2) is 30.0 Å². The van der Waals surface area contributed by atoms with E-state index in [1.807, 2.05) is 18.2 Å². The van der Waals surface area contributed by atoms with Crippen molar-refractivity contribution in [2.24, 2.45) is 11.8 Å². The van der Waals surface area contributed by atoms with Crippen LogP contribution in [0.25, 0.3) is 5.57 Å². The van der Waals surface area contributed by atoms with Crippen LogP contribution in [0.2, 0.25) is 0 Å². The zero-order valence-corrected chi connectivity index (χ0v) is 14.9. The van der Waals surface area contributed by atoms with E-state index in [0.29, 0.717) is 11.3 Å². The van der Waals surface area contributed by atoms with Crippen molar-refractivity contribution in [3.8, 4) is 0 Å². The second-order valence-corrected chi connectivity index (χ2v) is 6.95. The molecule has 1 aliphatic carbocycles. The van der Waals surface area contributed by atoms with Gasteiger partial charge in [0.2, 0.25) is 11.7 Å². The molecule has 1 aromatic carbocycles. The van der Waals surface area contributed by atoms with E-state index in [4.69, 9.17) is 11.6 Å². The maximum Gasteiger partial charge on any atom is 0.227 e. The van der Waals surface area contributed by atoms with Gasteiger partial charge in [-0.15, -0.1) is 11.6 Å². The first kappa shape index (κ1) is 17.7. The Balaban J connectivity index is 2.48. The maximum absolute atomic E-state index is 12.7. The summed E-state index contributed by atoms with van der Waals surface area (Å²) < 4.78 is 0. The summed E-state index contributed by atoms with van der Waals surface area (Å²) in [5, 5.41) is 2.51. The molecule has 2 rings (SSSR count). The van der Waals surface area contributed by atoms with E-state index in [0.717, 1.165) is 24.0 Å². The number of carbonyl (C=O) groups excluding carboxylic acids is 2. The molecule has 124 valence electrons. The fraction of sp³-hybridized carbons (Fsp3) is 0.474. The van der Waals surface area contributed by atoms with Gasteiger partial charge in [0.25, 0.3) is 0 Å². The number of hydrogen-bond donors (Lipinski definition) is 1. The van der Waals surface area contributed by atoms with E-state index in [1.165, 1.54) is 0 Å². The minimum atomic E-state index is -0.301. The molecule has 23 heavy (non-hydrogen) atoms. The number of alkyl halides is 1. The van der Waals surface area contributed by atoms with Crippen LogP contribution >= 0.6 is 11.6 Å². The number of amides is 1. The molecule has 0 aliphatic heterocycles. The van der Waals surface area contributed by atoms with Crippen LogP contribution in [-0.4, -0.2) is 17.1 Å². The van der Waals surface area contributed by atoms with Gasteiger partial charge < -0.3 is 5.32 Å². The highest BCUT2D eigenvalue weighted by Gasteiger charge is 2.35. The van der Waals surface area contributed by atoms with Crippen molar-refractivity contribution in [3.05, 3.63) is 41.1 Å². The summed E-state index contributed by atoms with van der Waals surface area (Å²) in [5.41, 5.74) is 2.59. The number of benzene rings is 1. The highest BCUT2D eigenvalue weighted by molar-refractivity contribution is 6.32. The van der Waals surface area contributed by atoms with Crippen molar-refractivity contribution >= 4 is 28.9 Å². The summed E-state index contributed by atoms with van der Waals surface area (Å²) in [4.78, 5) is 24.8. The second-order valence-electron chi connectivity index (χ2n) is 6.48. The Bertz CT molecular complexity index is 649. The molecule has 0 aromatic heterocycles. The zero-order chi connectivity index (χ0) is 17.1. The minimum absolute atomic E-state index is 0.140. The molecule has 2 unspecified atom stereocenters. The number of allylic oxidation sites excluding steroid dienone is 2. The highest BCUT2D eigenvalue weighted by atomic mass is 35.5. The van der Waals surface area contributed by atoms with E-state index in [2.05, 4.69) is 19.2 Å². The standard InChI is InChI=1S/C19H24ClNO2/c1-5-8-12(4)16(20)15-13-9-6-7-10-14(13)18(22)17(15)21-19(23)11(2)3/h6-7,9-12,16H,5,8H2,1-4H3,(H,21,22,23). The number of hydrogen-bond acceptors (Lipinski definition) is 2. The lowest BCUT2D eigenvalue weighted by atomic mass is 9.92. The Morgan fingerprint density at radius 3 is 2.35 bits per heavy atom. The van der Waals surface area contributed by atoms with Crippen LogP contribution in [0, 0.1) is 11.8 Å². The SMILES string of the molecule is CCCC(C)C(Cl)C1=C(NC(=O)C(C)C)C(=O)c2ccccc21. The van der Waals surface area contributed by atoms with Crippen LogP contribution in [0.4, 0.5) is 0 Å². The number of fused-ring (bicyclic) bond motifs is 1. The van der Waals surface area contributed by atoms with Crippen LogP contribution in [0.5, 0.6) is 0 Å². The first-order valence-corrected chi connectivity index (χ1v) is 8.65. The smallest absolute Gasteiger partial charge is 0.227 e. The predicted molar refractivity (Wildman–Crippen MR) is 94.4 cm³/mol. The Hall–Kier alpha value is -1.61. The third kappa shape index (κ3) is 3.50. The largest absolute Gasteiger partial charge is 0.322 e. The second kappa shape index (κ2) is 7.31. The highest BCUT2D eigenvalue weighted by Crippen LogP contribution is 2.39. The van der Waals surface area contributed by atoms with Crippen molar-refractivity contribution in [2.45, 2.75) is 45.9 Å². The van der Waals surface area contributed by atoms with E-state index in [9.17, 15) is 9.59 Å². The quantitative estimate of drug-likeness (QED) is 0.784. The van der Waals surface area contributed by atoms with Crippen molar-refractivity contribution in [3.63, 3.8) is 0 Å². The normalized spacial score (nSPS) is 16.5. The molecule has 0 saturated heterocycles. The molecule has 1 N–H and O–H groups in total. The van der Waals surface area contributed by atoms with Gasteiger partial charge in [-0.2, -0.15) is 0 Å². The van der Waals surface area contributed by atoms with Gasteiger partial charge in [-0.25, -0.2) is 0 Å². The third-order valence-corrected chi connectivity index (χ3v) is 4.90. The summed E-state index contributed by atoms with van der Waals surface area (Å²) >= 11 is 6.71. The average Bonchev–Trinajstić information content (AvgIpc) is 2.80. The molecular weight excluding hydrogens is 310 g/mol. The predicted octanol–water partition coefficient (Wildman–Crippen LogP) is 4.41. The van der Waals surface area contributed by atoms with Crippen LogP contribution in [0.3, 0.4) is 0 Å². The van der Waals surface area contributed by atoms with Crippen LogP contribution in [0.1, 0.15) is 56.5 Å². The molecule has 3 nitrogen and oxygen atoms in total. The molecule has 0 fully saturated rings. The Kier molecular flexibility index (Phi) is 5.64. The average molecular weight is 334 g/mol. The lowest BCUT2D eigenvalue weighted by Crippen LogP contribution is -2.31. The molecule has 0 bridgehead atoms. The first-order chi connectivity index (χ1) is 10.9. The van der Waals surface area contributed by atoms with Gasteiger partial charge in [0.05, 0.1) is 11.1 Å². The number of nitrogens with one attached hydrogen (secondary N) is 1. The third-order valence-electron chi connectivity index (χ3n) is 4.25. The fourth-order valence-electron chi connectivity index (χ4n) is 2.87. The minimum Gasteiger partial charge on any atom is -0.322 e. The molecular formula is C19H24ClNO2. The zero-order valence-electron chi connectivity index (χ0n) is 14.2. The van der Waals surface area contributed by atoms with Crippen molar-refractivity contribution < 1.29 is 9.59 Å². The summed E-state index contributed by atoms with van der Waals surface area (Å²) in [6.45, 7) is 7.81. The lowest BCUT2D eigenvalue weighted by Gasteiger charge is -2.21. The molecule has 0 heterocycles. The number of rotatable bonds is 6. The number of Topliss-reactive ketones (excluding diaryl/α,β-unsaturated/α-hetero) is 1. The molecule has 0 saturated carbocycles. The molecule has 0 radical (unpaired) electrons. The van der Waals surface area contributed by atoms with Gasteiger partial charge in [0, 0.05) is 17.1 Å². The Labute approximate surface area is 143 Å². The van der Waals surface area contributed by atoms with E-state index >= 15 is 0 Å². The van der Waals surface area contributed by atoms with Crippen LogP contribution < -0.4 is 5.32 Å². The van der Waals surface area contributed by atoms with Crippen LogP contribution in [-0.2, 0) is 4.79 Å². The monoisotopic (exact) mass is 333 g/mol. The van der Waals surface area contributed by atoms with E-state index in [-0.39, 0.29) is 28.9 Å². The molecule has 1 aromatic rings. The number of carbonyl (C=O) groups is 2. The van der Waals surface area contributed by atoms with Gasteiger partial charge in [0.15, 0.2) is 0 Å². The van der Waals surface area contributed by atoms with Crippen molar-refractivity contribution in [1.82, 2.24) is 5.32 Å². The Morgan fingerprint density at radius 1 is 1.17 bits per heavy atom. The van der Waals surface area contributed by atoms with Gasteiger partial charge in [-0.3, -0.25) is 9.59 Å². The molecule has 1 amide bonds. The molecule has 1 aliphatic rings. The molecule has 0 spiro atoms. The fourth-order valence-corrected chi connectivity index (χ4v) is 3.22. The molecule has 2 atom stereocenters. The maximum atomic E-state index is 12.7. The van der Waals surface area contributed by atoms with Gasteiger partial charge in [-0.05, 0) is 17.9 Å². The lowest BCUT2D eigenvalue weighted by molar-refractivity contribution is -0.123. The first-order valence-electron chi connectivity index (χ1n) is 8.21. The van der Waals surface area contributed by atoms with Gasteiger partial charge >= 0.3 is 0 Å². The summed E-state index contributed by atoms with van der Waals surface area (Å²) in [5.74, 6) is -0.270. The Morgan fingerprint density at radius 2 is 1.78 bits per heavy atom. The summed E-state index contributed by atoms with van der Waals surface area (Å²) in [6, 6.07) is 7.43. The van der Waals surface area contributed by atoms with Gasteiger partial charge in [0.1, 0.15) is 0 Å². The van der Waals surface area contributed by atoms with Crippen molar-refractivity contribution in [2.75, 3.05) is 0 Å². The van der Waals surface area contributed by atoms with Gasteiger partial charge in [-0.1, -0.05) is 58.4 Å².